The molecule has 0 unspecified atom stereocenters. The second-order valence-corrected chi connectivity index (χ2v) is 6.85. The molecule has 27 heavy (non-hydrogen) atoms. The number of hydrogen-bond acceptors (Lipinski definition) is 6. The molecule has 0 N–H and O–H groups in total. The first-order valence-electron chi connectivity index (χ1n) is 8.93. The number of aromatic nitrogens is 2. The van der Waals surface area contributed by atoms with Crippen molar-refractivity contribution in [1.29, 1.82) is 0 Å². The molecule has 2 heterocycles. The summed E-state index contributed by atoms with van der Waals surface area (Å²) in [5, 5.41) is 11.9. The van der Waals surface area contributed by atoms with Crippen LogP contribution < -0.4 is 4.90 Å². The molecule has 0 saturated carbocycles. The summed E-state index contributed by atoms with van der Waals surface area (Å²) >= 11 is 0. The molecule has 0 amide bonds. The highest BCUT2D eigenvalue weighted by Gasteiger charge is 2.25. The third kappa shape index (κ3) is 3.46. The first kappa shape index (κ1) is 17.4. The summed E-state index contributed by atoms with van der Waals surface area (Å²) < 4.78 is 5.85. The number of non-ortho nitro benzene ring substituents is 1. The van der Waals surface area contributed by atoms with Crippen LogP contribution >= 0.6 is 0 Å². The summed E-state index contributed by atoms with van der Waals surface area (Å²) in [7, 11) is 0. The van der Waals surface area contributed by atoms with Gasteiger partial charge < -0.3 is 9.64 Å². The van der Waals surface area contributed by atoms with Gasteiger partial charge in [-0.3, -0.25) is 10.1 Å². The molecule has 7 heteroatoms. The van der Waals surface area contributed by atoms with Crippen molar-refractivity contribution >= 4 is 22.4 Å². The lowest BCUT2D eigenvalue weighted by molar-refractivity contribution is -0.384. The Morgan fingerprint density at radius 3 is 2.37 bits per heavy atom. The highest BCUT2D eigenvalue weighted by molar-refractivity contribution is 5.91. The number of benzene rings is 2. The molecule has 4 rings (SSSR count). The van der Waals surface area contributed by atoms with Crippen molar-refractivity contribution in [1.82, 2.24) is 9.97 Å². The van der Waals surface area contributed by atoms with Gasteiger partial charge in [-0.15, -0.1) is 0 Å². The van der Waals surface area contributed by atoms with Crippen LogP contribution in [0.25, 0.3) is 22.3 Å². The Balaban J connectivity index is 1.82. The Morgan fingerprint density at radius 2 is 1.70 bits per heavy atom. The molecule has 7 nitrogen and oxygen atoms in total. The maximum Gasteiger partial charge on any atom is 0.269 e. The Hall–Kier alpha value is -3.06. The Kier molecular flexibility index (Phi) is 4.45. The molecule has 1 aliphatic rings. The average molecular weight is 364 g/mol. The molecule has 0 spiro atoms. The molecule has 0 aliphatic carbocycles. The third-order valence-corrected chi connectivity index (χ3v) is 4.64. The minimum Gasteiger partial charge on any atom is -0.372 e. The molecular weight excluding hydrogens is 344 g/mol. The predicted octanol–water partition coefficient (Wildman–Crippen LogP) is 3.82. The van der Waals surface area contributed by atoms with Gasteiger partial charge in [0.1, 0.15) is 5.82 Å². The molecule has 0 radical (unpaired) electrons. The van der Waals surface area contributed by atoms with Gasteiger partial charge in [-0.1, -0.05) is 12.1 Å². The number of nitrogens with zero attached hydrogens (tertiary/aromatic N) is 4. The van der Waals surface area contributed by atoms with Gasteiger partial charge in [0.2, 0.25) is 0 Å². The van der Waals surface area contributed by atoms with E-state index in [1.54, 1.807) is 12.1 Å². The predicted molar refractivity (Wildman–Crippen MR) is 104 cm³/mol. The van der Waals surface area contributed by atoms with E-state index in [4.69, 9.17) is 9.72 Å². The highest BCUT2D eigenvalue weighted by atomic mass is 16.6. The van der Waals surface area contributed by atoms with Crippen molar-refractivity contribution < 1.29 is 9.66 Å². The fourth-order valence-corrected chi connectivity index (χ4v) is 3.51. The lowest BCUT2D eigenvalue weighted by Crippen LogP contribution is -2.46. The van der Waals surface area contributed by atoms with Crippen molar-refractivity contribution in [2.75, 3.05) is 18.0 Å². The standard InChI is InChI=1S/C20H20N4O3/c1-13-11-23(12-14(2)27-13)20-17-5-3-4-6-18(17)21-19(22-20)15-7-9-16(10-8-15)24(25)26/h3-10,13-14H,11-12H2,1-2H3/t13-,14-/m0/s1. The number of nitro benzene ring substituents is 1. The van der Waals surface area contributed by atoms with Crippen LogP contribution in [0, 0.1) is 10.1 Å². The van der Waals surface area contributed by atoms with Crippen molar-refractivity contribution in [2.45, 2.75) is 26.1 Å². The summed E-state index contributed by atoms with van der Waals surface area (Å²) in [5.41, 5.74) is 1.65. The number of morpholine rings is 1. The topological polar surface area (TPSA) is 81.4 Å². The molecule has 0 bridgehead atoms. The van der Waals surface area contributed by atoms with E-state index in [-0.39, 0.29) is 17.9 Å². The van der Waals surface area contributed by atoms with Crippen molar-refractivity contribution in [3.8, 4) is 11.4 Å². The van der Waals surface area contributed by atoms with Crippen LogP contribution in [-0.4, -0.2) is 40.2 Å². The smallest absolute Gasteiger partial charge is 0.269 e. The van der Waals surface area contributed by atoms with Gasteiger partial charge in [-0.25, -0.2) is 9.97 Å². The van der Waals surface area contributed by atoms with Crippen molar-refractivity contribution in [2.24, 2.45) is 0 Å². The summed E-state index contributed by atoms with van der Waals surface area (Å²) in [5.74, 6) is 1.43. The molecule has 3 aromatic rings. The van der Waals surface area contributed by atoms with Crippen LogP contribution in [0.4, 0.5) is 11.5 Å². The van der Waals surface area contributed by atoms with E-state index in [9.17, 15) is 10.1 Å². The number of para-hydroxylation sites is 1. The molecular formula is C20H20N4O3. The van der Waals surface area contributed by atoms with Crippen molar-refractivity contribution in [3.05, 3.63) is 58.6 Å². The number of ether oxygens (including phenoxy) is 1. The number of rotatable bonds is 3. The molecule has 1 aromatic heterocycles. The van der Waals surface area contributed by atoms with Gasteiger partial charge in [0, 0.05) is 36.2 Å². The monoisotopic (exact) mass is 364 g/mol. The first-order valence-corrected chi connectivity index (χ1v) is 8.93. The van der Waals surface area contributed by atoms with E-state index in [0.717, 1.165) is 35.4 Å². The van der Waals surface area contributed by atoms with Gasteiger partial charge in [0.15, 0.2) is 5.82 Å². The zero-order valence-corrected chi connectivity index (χ0v) is 15.2. The van der Waals surface area contributed by atoms with E-state index in [0.29, 0.717) is 5.82 Å². The molecule has 138 valence electrons. The highest BCUT2D eigenvalue weighted by Crippen LogP contribution is 2.30. The number of nitro groups is 1. The number of hydrogen-bond donors (Lipinski definition) is 0. The fourth-order valence-electron chi connectivity index (χ4n) is 3.51. The quantitative estimate of drug-likeness (QED) is 0.519. The number of anilines is 1. The molecule has 1 fully saturated rings. The molecule has 2 aromatic carbocycles. The van der Waals surface area contributed by atoms with E-state index in [1.165, 1.54) is 12.1 Å². The van der Waals surface area contributed by atoms with E-state index in [1.807, 2.05) is 24.3 Å². The van der Waals surface area contributed by atoms with Crippen LogP contribution in [0.3, 0.4) is 0 Å². The lowest BCUT2D eigenvalue weighted by atomic mass is 10.1. The summed E-state index contributed by atoms with van der Waals surface area (Å²) in [6.45, 7) is 5.63. The van der Waals surface area contributed by atoms with Gasteiger partial charge in [0.05, 0.1) is 22.6 Å². The van der Waals surface area contributed by atoms with E-state index >= 15 is 0 Å². The van der Waals surface area contributed by atoms with Crippen LogP contribution in [-0.2, 0) is 4.74 Å². The van der Waals surface area contributed by atoms with Gasteiger partial charge in [0.25, 0.3) is 5.69 Å². The van der Waals surface area contributed by atoms with E-state index in [2.05, 4.69) is 23.7 Å². The largest absolute Gasteiger partial charge is 0.372 e. The van der Waals surface area contributed by atoms with Crippen LogP contribution in [0.1, 0.15) is 13.8 Å². The van der Waals surface area contributed by atoms with Crippen LogP contribution in [0.5, 0.6) is 0 Å². The minimum atomic E-state index is -0.410. The molecule has 1 aliphatic heterocycles. The lowest BCUT2D eigenvalue weighted by Gasteiger charge is -2.36. The van der Waals surface area contributed by atoms with Crippen molar-refractivity contribution in [3.63, 3.8) is 0 Å². The third-order valence-electron chi connectivity index (χ3n) is 4.64. The first-order chi connectivity index (χ1) is 13.0. The zero-order valence-electron chi connectivity index (χ0n) is 15.2. The summed E-state index contributed by atoms with van der Waals surface area (Å²) in [6.07, 6.45) is 0.232. The van der Waals surface area contributed by atoms with Gasteiger partial charge in [-0.2, -0.15) is 0 Å². The van der Waals surface area contributed by atoms with Crippen LogP contribution in [0.2, 0.25) is 0 Å². The molecule has 2 atom stereocenters. The second kappa shape index (κ2) is 6.92. The normalized spacial score (nSPS) is 20.0. The minimum absolute atomic E-state index is 0.0515. The Labute approximate surface area is 156 Å². The second-order valence-electron chi connectivity index (χ2n) is 6.85. The fraction of sp³-hybridized carbons (Fsp3) is 0.300. The number of fused-ring (bicyclic) bond motifs is 1. The van der Waals surface area contributed by atoms with E-state index < -0.39 is 4.92 Å². The summed E-state index contributed by atoms with van der Waals surface area (Å²) in [6, 6.07) is 14.3. The summed E-state index contributed by atoms with van der Waals surface area (Å²) in [4.78, 5) is 22.2. The van der Waals surface area contributed by atoms with Crippen LogP contribution in [0.15, 0.2) is 48.5 Å². The zero-order chi connectivity index (χ0) is 19.0. The van der Waals surface area contributed by atoms with Gasteiger partial charge >= 0.3 is 0 Å². The molecule has 1 saturated heterocycles. The maximum absolute atomic E-state index is 10.9. The average Bonchev–Trinajstić information content (AvgIpc) is 2.66. The maximum atomic E-state index is 10.9. The Bertz CT molecular complexity index is 980. The Morgan fingerprint density at radius 1 is 1.04 bits per heavy atom. The SMILES string of the molecule is C[C@H]1CN(c2nc(-c3ccc([N+](=O)[O-])cc3)nc3ccccc23)C[C@H](C)O1. The van der Waals surface area contributed by atoms with Gasteiger partial charge in [-0.05, 0) is 38.1 Å².